The Labute approximate surface area is 83.1 Å². The quantitative estimate of drug-likeness (QED) is 0.531. The molecule has 1 rings (SSSR count). The van der Waals surface area contributed by atoms with Gasteiger partial charge in [-0.25, -0.2) is 0 Å². The molecule has 1 aromatic heterocycles. The molecular weight excluding hydrogens is 180 g/mol. The van der Waals surface area contributed by atoms with Crippen LogP contribution in [0.15, 0.2) is 18.2 Å². The first-order valence-corrected chi connectivity index (χ1v) is 5.24. The van der Waals surface area contributed by atoms with E-state index in [1.807, 2.05) is 32.9 Å². The minimum Gasteiger partial charge on any atom is -0.289 e. The first-order chi connectivity index (χ1) is 6.15. The van der Waals surface area contributed by atoms with Crippen molar-refractivity contribution in [3.63, 3.8) is 0 Å². The topological polar surface area (TPSA) is 17.1 Å². The van der Waals surface area contributed by atoms with Crippen molar-refractivity contribution in [1.29, 1.82) is 0 Å². The van der Waals surface area contributed by atoms with Crippen LogP contribution in [-0.2, 0) is 0 Å². The van der Waals surface area contributed by atoms with Gasteiger partial charge in [-0.05, 0) is 32.4 Å². The number of ketones is 1. The van der Waals surface area contributed by atoms with Crippen LogP contribution >= 0.6 is 11.3 Å². The molecule has 0 aliphatic rings. The number of hydrogen-bond donors (Lipinski definition) is 0. The Bertz CT molecular complexity index is 334. The molecule has 0 aliphatic heterocycles. The zero-order valence-electron chi connectivity index (χ0n) is 8.26. The molecule has 0 unspecified atom stereocenters. The van der Waals surface area contributed by atoms with E-state index in [4.69, 9.17) is 0 Å². The summed E-state index contributed by atoms with van der Waals surface area (Å²) >= 11 is 1.68. The monoisotopic (exact) mass is 194 g/mol. The van der Waals surface area contributed by atoms with Crippen LogP contribution in [0.5, 0.6) is 0 Å². The number of rotatable bonds is 3. The molecule has 0 radical (unpaired) electrons. The molecule has 2 heteroatoms. The predicted octanol–water partition coefficient (Wildman–Crippen LogP) is 3.51. The predicted molar refractivity (Wildman–Crippen MR) is 57.6 cm³/mol. The van der Waals surface area contributed by atoms with E-state index in [-0.39, 0.29) is 5.78 Å². The maximum absolute atomic E-state index is 11.6. The third-order valence-corrected chi connectivity index (χ3v) is 2.78. The first kappa shape index (κ1) is 10.2. The van der Waals surface area contributed by atoms with Gasteiger partial charge in [0, 0.05) is 15.3 Å². The third kappa shape index (κ3) is 2.52. The van der Waals surface area contributed by atoms with E-state index in [2.05, 4.69) is 0 Å². The highest BCUT2D eigenvalue weighted by Gasteiger charge is 2.07. The van der Waals surface area contributed by atoms with Gasteiger partial charge in [-0.1, -0.05) is 13.0 Å². The maximum atomic E-state index is 11.6. The molecular formula is C11H14OS. The molecule has 0 aromatic carbocycles. The van der Waals surface area contributed by atoms with Crippen LogP contribution in [0.3, 0.4) is 0 Å². The van der Waals surface area contributed by atoms with E-state index < -0.39 is 0 Å². The van der Waals surface area contributed by atoms with Crippen LogP contribution in [-0.4, -0.2) is 5.78 Å². The van der Waals surface area contributed by atoms with E-state index in [0.717, 1.165) is 16.9 Å². The van der Waals surface area contributed by atoms with E-state index in [0.29, 0.717) is 0 Å². The fraction of sp³-hybridized carbons (Fsp3) is 0.364. The number of hydrogen-bond acceptors (Lipinski definition) is 2. The molecule has 0 saturated heterocycles. The number of aryl methyl sites for hydroxylation is 2. The van der Waals surface area contributed by atoms with Crippen LogP contribution in [0.2, 0.25) is 0 Å². The van der Waals surface area contributed by atoms with E-state index in [9.17, 15) is 4.79 Å². The molecule has 70 valence electrons. The molecule has 0 fully saturated rings. The largest absolute Gasteiger partial charge is 0.289 e. The van der Waals surface area contributed by atoms with Gasteiger partial charge in [-0.3, -0.25) is 4.79 Å². The second-order valence-corrected chi connectivity index (χ2v) is 4.46. The van der Waals surface area contributed by atoms with Gasteiger partial charge in [-0.15, -0.1) is 11.3 Å². The highest BCUT2D eigenvalue weighted by Crippen LogP contribution is 2.21. The highest BCUT2D eigenvalue weighted by molar-refractivity contribution is 7.12. The summed E-state index contributed by atoms with van der Waals surface area (Å²) in [5.74, 6) is 0.128. The summed E-state index contributed by atoms with van der Waals surface area (Å²) in [7, 11) is 0. The molecule has 1 aromatic rings. The van der Waals surface area contributed by atoms with Crippen LogP contribution in [0, 0.1) is 13.8 Å². The summed E-state index contributed by atoms with van der Waals surface area (Å²) in [6, 6.07) is 1.96. The van der Waals surface area contributed by atoms with Crippen molar-refractivity contribution in [2.45, 2.75) is 27.2 Å². The Kier molecular flexibility index (Phi) is 3.43. The Morgan fingerprint density at radius 1 is 1.54 bits per heavy atom. The summed E-state index contributed by atoms with van der Waals surface area (Å²) in [4.78, 5) is 13.9. The van der Waals surface area contributed by atoms with Crippen molar-refractivity contribution in [3.05, 3.63) is 33.5 Å². The molecule has 0 atom stereocenters. The lowest BCUT2D eigenvalue weighted by atomic mass is 10.1. The molecule has 0 aliphatic carbocycles. The van der Waals surface area contributed by atoms with Crippen molar-refractivity contribution in [1.82, 2.24) is 0 Å². The number of thiophene rings is 1. The maximum Gasteiger partial charge on any atom is 0.186 e. The molecule has 0 bridgehead atoms. The molecule has 1 heterocycles. The van der Waals surface area contributed by atoms with Gasteiger partial charge in [-0.2, -0.15) is 0 Å². The van der Waals surface area contributed by atoms with Crippen LogP contribution in [0.1, 0.15) is 33.5 Å². The number of carbonyl (C=O) groups is 1. The molecule has 0 amide bonds. The smallest absolute Gasteiger partial charge is 0.186 e. The van der Waals surface area contributed by atoms with Gasteiger partial charge in [0.25, 0.3) is 0 Å². The van der Waals surface area contributed by atoms with Crippen LogP contribution in [0.4, 0.5) is 0 Å². The lowest BCUT2D eigenvalue weighted by Crippen LogP contribution is -1.93. The summed E-state index contributed by atoms with van der Waals surface area (Å²) in [5, 5.41) is 0. The third-order valence-electron chi connectivity index (χ3n) is 1.81. The van der Waals surface area contributed by atoms with Gasteiger partial charge in [0.1, 0.15) is 0 Å². The zero-order chi connectivity index (χ0) is 9.84. The van der Waals surface area contributed by atoms with Crippen LogP contribution < -0.4 is 0 Å². The molecule has 0 spiro atoms. The summed E-state index contributed by atoms with van der Waals surface area (Å²) < 4.78 is 0. The lowest BCUT2D eigenvalue weighted by Gasteiger charge is -1.91. The van der Waals surface area contributed by atoms with Crippen molar-refractivity contribution in [2.75, 3.05) is 0 Å². The van der Waals surface area contributed by atoms with Crippen molar-refractivity contribution >= 4 is 17.1 Å². The van der Waals surface area contributed by atoms with Gasteiger partial charge in [0.15, 0.2) is 5.78 Å². The van der Waals surface area contributed by atoms with E-state index >= 15 is 0 Å². The average molecular weight is 194 g/mol. The summed E-state index contributed by atoms with van der Waals surface area (Å²) in [6.45, 7) is 6.04. The Morgan fingerprint density at radius 3 is 2.69 bits per heavy atom. The zero-order valence-corrected chi connectivity index (χ0v) is 9.07. The lowest BCUT2D eigenvalue weighted by molar-refractivity contribution is 0.104. The second kappa shape index (κ2) is 4.38. The van der Waals surface area contributed by atoms with Crippen molar-refractivity contribution in [2.24, 2.45) is 0 Å². The Hall–Kier alpha value is -0.890. The SMILES string of the molecule is CC/C=C/C(=O)c1cc(C)sc1C. The highest BCUT2D eigenvalue weighted by atomic mass is 32.1. The molecule has 0 N–H and O–H groups in total. The Balaban J connectivity index is 2.88. The van der Waals surface area contributed by atoms with E-state index in [1.54, 1.807) is 17.4 Å². The van der Waals surface area contributed by atoms with E-state index in [1.165, 1.54) is 4.88 Å². The number of carbonyl (C=O) groups excluding carboxylic acids is 1. The Morgan fingerprint density at radius 2 is 2.23 bits per heavy atom. The molecule has 13 heavy (non-hydrogen) atoms. The summed E-state index contributed by atoms with van der Waals surface area (Å²) in [6.07, 6.45) is 4.47. The van der Waals surface area contributed by atoms with Crippen molar-refractivity contribution in [3.8, 4) is 0 Å². The fourth-order valence-electron chi connectivity index (χ4n) is 1.19. The standard InChI is InChI=1S/C11H14OS/c1-4-5-6-11(12)10-7-8(2)13-9(10)3/h5-7H,4H2,1-3H3/b6-5+. The van der Waals surface area contributed by atoms with Crippen LogP contribution in [0.25, 0.3) is 0 Å². The second-order valence-electron chi connectivity index (χ2n) is 3.00. The van der Waals surface area contributed by atoms with Gasteiger partial charge in [0.2, 0.25) is 0 Å². The normalized spacial score (nSPS) is 11.0. The summed E-state index contributed by atoms with van der Waals surface area (Å²) in [5.41, 5.74) is 0.854. The van der Waals surface area contributed by atoms with Gasteiger partial charge in [0.05, 0.1) is 0 Å². The molecule has 1 nitrogen and oxygen atoms in total. The minimum atomic E-state index is 0.128. The van der Waals surface area contributed by atoms with Gasteiger partial charge >= 0.3 is 0 Å². The molecule has 0 saturated carbocycles. The fourth-order valence-corrected chi connectivity index (χ4v) is 2.12. The van der Waals surface area contributed by atoms with Gasteiger partial charge < -0.3 is 0 Å². The number of allylic oxidation sites excluding steroid dienone is 2. The van der Waals surface area contributed by atoms with Crippen molar-refractivity contribution < 1.29 is 4.79 Å². The average Bonchev–Trinajstić information content (AvgIpc) is 2.41. The minimum absolute atomic E-state index is 0.128. The first-order valence-electron chi connectivity index (χ1n) is 4.43.